The minimum atomic E-state index is -3.80. The number of nitrogens with one attached hydrogen (secondary N) is 1. The summed E-state index contributed by atoms with van der Waals surface area (Å²) in [5, 5.41) is 0.332. The van der Waals surface area contributed by atoms with Crippen molar-refractivity contribution in [1.82, 2.24) is 0 Å². The van der Waals surface area contributed by atoms with Crippen molar-refractivity contribution in [2.75, 3.05) is 11.8 Å². The third-order valence-electron chi connectivity index (χ3n) is 3.33. The number of methoxy groups -OCH3 is 1. The predicted octanol–water partition coefficient (Wildman–Crippen LogP) is 4.07. The molecule has 0 spiro atoms. The molecule has 0 aliphatic rings. The normalized spacial score (nSPS) is 11.3. The number of aryl methyl sites for hydroxylation is 3. The van der Waals surface area contributed by atoms with E-state index in [-0.39, 0.29) is 10.6 Å². The summed E-state index contributed by atoms with van der Waals surface area (Å²) in [6, 6.07) is 8.36. The molecule has 4 nitrogen and oxygen atoms in total. The van der Waals surface area contributed by atoms with Crippen LogP contribution in [0, 0.1) is 20.8 Å². The third kappa shape index (κ3) is 3.36. The van der Waals surface area contributed by atoms with Crippen LogP contribution in [0.4, 0.5) is 5.69 Å². The summed E-state index contributed by atoms with van der Waals surface area (Å²) in [6.45, 7) is 5.71. The fourth-order valence-electron chi connectivity index (χ4n) is 2.39. The van der Waals surface area contributed by atoms with E-state index in [0.29, 0.717) is 10.7 Å². The molecule has 0 amide bonds. The van der Waals surface area contributed by atoms with E-state index in [1.54, 1.807) is 6.07 Å². The smallest absolute Gasteiger partial charge is 0.265 e. The van der Waals surface area contributed by atoms with Gasteiger partial charge in [-0.05, 0) is 50.1 Å². The molecular weight excluding hydrogens is 322 g/mol. The van der Waals surface area contributed by atoms with Gasteiger partial charge in [0, 0.05) is 5.02 Å². The maximum atomic E-state index is 12.7. The fraction of sp³-hybridized carbons (Fsp3) is 0.250. The molecule has 22 heavy (non-hydrogen) atoms. The molecular formula is C16H18ClNO3S. The van der Waals surface area contributed by atoms with Crippen molar-refractivity contribution in [2.45, 2.75) is 25.7 Å². The SMILES string of the molecule is COc1ccc(Cl)cc1S(=O)(=O)Nc1c(C)cc(C)cc1C. The van der Waals surface area contributed by atoms with Crippen LogP contribution in [0.2, 0.25) is 5.02 Å². The Morgan fingerprint density at radius 2 is 1.64 bits per heavy atom. The highest BCUT2D eigenvalue weighted by Gasteiger charge is 2.21. The molecule has 0 fully saturated rings. The highest BCUT2D eigenvalue weighted by Crippen LogP contribution is 2.30. The molecule has 6 heteroatoms. The zero-order valence-electron chi connectivity index (χ0n) is 12.9. The molecule has 0 saturated carbocycles. The molecule has 0 heterocycles. The summed E-state index contributed by atoms with van der Waals surface area (Å²) in [7, 11) is -2.37. The van der Waals surface area contributed by atoms with Crippen molar-refractivity contribution in [3.63, 3.8) is 0 Å². The van der Waals surface area contributed by atoms with E-state index in [1.165, 1.54) is 19.2 Å². The first-order valence-corrected chi connectivity index (χ1v) is 8.55. The van der Waals surface area contributed by atoms with Crippen LogP contribution in [0.1, 0.15) is 16.7 Å². The molecule has 1 N–H and O–H groups in total. The Balaban J connectivity index is 2.52. The van der Waals surface area contributed by atoms with Crippen LogP contribution in [0.15, 0.2) is 35.2 Å². The lowest BCUT2D eigenvalue weighted by Gasteiger charge is -2.16. The first-order chi connectivity index (χ1) is 10.2. The van der Waals surface area contributed by atoms with Gasteiger partial charge in [0.25, 0.3) is 10.0 Å². The molecule has 0 saturated heterocycles. The third-order valence-corrected chi connectivity index (χ3v) is 4.93. The van der Waals surface area contributed by atoms with Crippen molar-refractivity contribution < 1.29 is 13.2 Å². The lowest BCUT2D eigenvalue weighted by atomic mass is 10.1. The summed E-state index contributed by atoms with van der Waals surface area (Å²) < 4.78 is 33.1. The van der Waals surface area contributed by atoms with E-state index in [0.717, 1.165) is 16.7 Å². The molecule has 118 valence electrons. The summed E-state index contributed by atoms with van der Waals surface area (Å²) in [5.41, 5.74) is 3.38. The molecule has 2 aromatic carbocycles. The average molecular weight is 340 g/mol. The molecule has 0 radical (unpaired) electrons. The second-order valence-corrected chi connectivity index (χ2v) is 7.26. The van der Waals surface area contributed by atoms with E-state index >= 15 is 0 Å². The molecule has 0 atom stereocenters. The van der Waals surface area contributed by atoms with Gasteiger partial charge in [0.05, 0.1) is 12.8 Å². The molecule has 0 aliphatic heterocycles. The van der Waals surface area contributed by atoms with Gasteiger partial charge in [0.15, 0.2) is 0 Å². The van der Waals surface area contributed by atoms with Crippen LogP contribution in [-0.2, 0) is 10.0 Å². The number of ether oxygens (including phenoxy) is 1. The van der Waals surface area contributed by atoms with Crippen molar-refractivity contribution in [1.29, 1.82) is 0 Å². The van der Waals surface area contributed by atoms with Crippen molar-refractivity contribution in [3.8, 4) is 5.75 Å². The van der Waals surface area contributed by atoms with Gasteiger partial charge in [-0.25, -0.2) is 8.42 Å². The number of hydrogen-bond donors (Lipinski definition) is 1. The van der Waals surface area contributed by atoms with Gasteiger partial charge in [-0.1, -0.05) is 29.3 Å². The van der Waals surface area contributed by atoms with Gasteiger partial charge < -0.3 is 4.74 Å². The number of benzene rings is 2. The minimum Gasteiger partial charge on any atom is -0.495 e. The topological polar surface area (TPSA) is 55.4 Å². The van der Waals surface area contributed by atoms with E-state index in [4.69, 9.17) is 16.3 Å². The van der Waals surface area contributed by atoms with Crippen LogP contribution in [0.25, 0.3) is 0 Å². The maximum absolute atomic E-state index is 12.7. The number of halogens is 1. The molecule has 0 aromatic heterocycles. The predicted molar refractivity (Wildman–Crippen MR) is 89.5 cm³/mol. The largest absolute Gasteiger partial charge is 0.495 e. The van der Waals surface area contributed by atoms with Crippen LogP contribution < -0.4 is 9.46 Å². The van der Waals surface area contributed by atoms with Crippen molar-refractivity contribution >= 4 is 27.3 Å². The van der Waals surface area contributed by atoms with Gasteiger partial charge in [0.2, 0.25) is 0 Å². The van der Waals surface area contributed by atoms with E-state index in [1.807, 2.05) is 32.9 Å². The van der Waals surface area contributed by atoms with Crippen LogP contribution >= 0.6 is 11.6 Å². The monoisotopic (exact) mass is 339 g/mol. The second-order valence-electron chi connectivity index (χ2n) is 5.17. The number of anilines is 1. The Morgan fingerprint density at radius 1 is 1.05 bits per heavy atom. The standard InChI is InChI=1S/C16H18ClNO3S/c1-10-7-11(2)16(12(3)8-10)18-22(19,20)15-9-13(17)5-6-14(15)21-4/h5-9,18H,1-4H3. The number of sulfonamides is 1. The van der Waals surface area contributed by atoms with Gasteiger partial charge in [0.1, 0.15) is 10.6 Å². The molecule has 0 unspecified atom stereocenters. The van der Waals surface area contributed by atoms with Gasteiger partial charge in [-0.15, -0.1) is 0 Å². The molecule has 2 aromatic rings. The first-order valence-electron chi connectivity index (χ1n) is 6.69. The number of hydrogen-bond acceptors (Lipinski definition) is 3. The Morgan fingerprint density at radius 3 is 2.18 bits per heavy atom. The molecule has 0 bridgehead atoms. The minimum absolute atomic E-state index is 0.0156. The van der Waals surface area contributed by atoms with Crippen molar-refractivity contribution in [3.05, 3.63) is 52.0 Å². The Kier molecular flexibility index (Phi) is 4.68. The number of rotatable bonds is 4. The fourth-order valence-corrected chi connectivity index (χ4v) is 4.03. The van der Waals surface area contributed by atoms with E-state index in [2.05, 4.69) is 4.72 Å². The second kappa shape index (κ2) is 6.18. The zero-order valence-corrected chi connectivity index (χ0v) is 14.5. The van der Waals surface area contributed by atoms with Crippen LogP contribution in [0.5, 0.6) is 5.75 Å². The highest BCUT2D eigenvalue weighted by molar-refractivity contribution is 7.92. The Labute approximate surface area is 136 Å². The maximum Gasteiger partial charge on any atom is 0.265 e. The highest BCUT2D eigenvalue weighted by atomic mass is 35.5. The summed E-state index contributed by atoms with van der Waals surface area (Å²) >= 11 is 5.92. The average Bonchev–Trinajstić information content (AvgIpc) is 2.43. The van der Waals surface area contributed by atoms with Gasteiger partial charge in [-0.3, -0.25) is 4.72 Å². The summed E-state index contributed by atoms with van der Waals surface area (Å²) in [5.74, 6) is 0.249. The first kappa shape index (κ1) is 16.6. The summed E-state index contributed by atoms with van der Waals surface area (Å²) in [6.07, 6.45) is 0. The zero-order chi connectivity index (χ0) is 16.5. The Hall–Kier alpha value is -1.72. The van der Waals surface area contributed by atoms with Gasteiger partial charge >= 0.3 is 0 Å². The molecule has 0 aliphatic carbocycles. The lowest BCUT2D eigenvalue weighted by Crippen LogP contribution is -2.16. The van der Waals surface area contributed by atoms with Gasteiger partial charge in [-0.2, -0.15) is 0 Å². The van der Waals surface area contributed by atoms with E-state index < -0.39 is 10.0 Å². The molecule has 2 rings (SSSR count). The Bertz CT molecular complexity index is 793. The summed E-state index contributed by atoms with van der Waals surface area (Å²) in [4.78, 5) is 0.0156. The van der Waals surface area contributed by atoms with Crippen LogP contribution in [0.3, 0.4) is 0 Å². The van der Waals surface area contributed by atoms with Crippen LogP contribution in [-0.4, -0.2) is 15.5 Å². The van der Waals surface area contributed by atoms with Crippen molar-refractivity contribution in [2.24, 2.45) is 0 Å². The quantitative estimate of drug-likeness (QED) is 0.913. The van der Waals surface area contributed by atoms with E-state index in [9.17, 15) is 8.42 Å². The lowest BCUT2D eigenvalue weighted by molar-refractivity contribution is 0.403.